The third-order valence-corrected chi connectivity index (χ3v) is 3.14. The Morgan fingerprint density at radius 2 is 2.17 bits per heavy atom. The van der Waals surface area contributed by atoms with Gasteiger partial charge < -0.3 is 10.5 Å². The van der Waals surface area contributed by atoms with E-state index in [0.717, 1.165) is 11.3 Å². The number of rotatable bonds is 3. The second kappa shape index (κ2) is 4.78. The van der Waals surface area contributed by atoms with Gasteiger partial charge in [-0.05, 0) is 24.6 Å². The molecule has 0 aliphatic rings. The molecule has 0 aliphatic carbocycles. The van der Waals surface area contributed by atoms with Crippen molar-refractivity contribution in [1.29, 1.82) is 0 Å². The number of aryl methyl sites for hydroxylation is 1. The first kappa shape index (κ1) is 12.6. The monoisotopic (exact) mass is 249 g/mol. The molecule has 0 saturated carbocycles. The van der Waals surface area contributed by atoms with E-state index in [0.29, 0.717) is 5.56 Å². The smallest absolute Gasteiger partial charge is 0.165 e. The number of methoxy groups -OCH3 is 1. The molecule has 1 aromatic heterocycles. The second-order valence-electron chi connectivity index (χ2n) is 4.18. The largest absolute Gasteiger partial charge is 0.494 e. The second-order valence-corrected chi connectivity index (χ2v) is 4.18. The fourth-order valence-corrected chi connectivity index (χ4v) is 1.88. The Balaban J connectivity index is 2.37. The van der Waals surface area contributed by atoms with Crippen molar-refractivity contribution >= 4 is 0 Å². The van der Waals surface area contributed by atoms with E-state index in [1.54, 1.807) is 23.0 Å². The van der Waals surface area contributed by atoms with Gasteiger partial charge in [-0.1, -0.05) is 6.07 Å². The number of nitrogens with two attached hydrogens (primary N) is 1. The van der Waals surface area contributed by atoms with E-state index in [1.807, 2.05) is 14.0 Å². The average Bonchev–Trinajstić information content (AvgIpc) is 2.69. The molecular formula is C13H16FN3O. The summed E-state index contributed by atoms with van der Waals surface area (Å²) in [6.45, 7) is 1.93. The van der Waals surface area contributed by atoms with Crippen LogP contribution in [0.5, 0.6) is 5.75 Å². The van der Waals surface area contributed by atoms with Crippen molar-refractivity contribution in [1.82, 2.24) is 9.78 Å². The summed E-state index contributed by atoms with van der Waals surface area (Å²) in [7, 11) is 3.28. The minimum atomic E-state index is -0.410. The van der Waals surface area contributed by atoms with E-state index in [2.05, 4.69) is 5.10 Å². The highest BCUT2D eigenvalue weighted by molar-refractivity contribution is 5.36. The van der Waals surface area contributed by atoms with Gasteiger partial charge >= 0.3 is 0 Å². The van der Waals surface area contributed by atoms with Crippen LogP contribution in [0.25, 0.3) is 0 Å². The summed E-state index contributed by atoms with van der Waals surface area (Å²) in [5.74, 6) is -0.194. The summed E-state index contributed by atoms with van der Waals surface area (Å²) in [5, 5.41) is 4.14. The fraction of sp³-hybridized carbons (Fsp3) is 0.308. The summed E-state index contributed by atoms with van der Waals surface area (Å²) in [6.07, 6.45) is 1.71. The first-order chi connectivity index (χ1) is 8.54. The first-order valence-electron chi connectivity index (χ1n) is 5.62. The summed E-state index contributed by atoms with van der Waals surface area (Å²) in [5.41, 5.74) is 8.69. The van der Waals surface area contributed by atoms with Crippen molar-refractivity contribution in [2.24, 2.45) is 12.8 Å². The zero-order chi connectivity index (χ0) is 13.3. The van der Waals surface area contributed by atoms with Crippen molar-refractivity contribution in [2.75, 3.05) is 7.11 Å². The fourth-order valence-electron chi connectivity index (χ4n) is 1.88. The van der Waals surface area contributed by atoms with E-state index in [-0.39, 0.29) is 11.8 Å². The normalized spacial score (nSPS) is 12.5. The van der Waals surface area contributed by atoms with Gasteiger partial charge in [-0.3, -0.25) is 4.68 Å². The van der Waals surface area contributed by atoms with Crippen LogP contribution >= 0.6 is 0 Å². The standard InChI is InChI=1S/C13H16FN3O/c1-8-10(7-16-17(8)2)13(15)9-4-5-12(18-3)11(14)6-9/h4-7,13H,15H2,1-3H3. The van der Waals surface area contributed by atoms with E-state index in [1.165, 1.54) is 13.2 Å². The molecule has 5 heteroatoms. The van der Waals surface area contributed by atoms with Gasteiger partial charge in [0.05, 0.1) is 19.3 Å². The SMILES string of the molecule is COc1ccc(C(N)c2cnn(C)c2C)cc1F. The number of halogens is 1. The van der Waals surface area contributed by atoms with Gasteiger partial charge in [0.2, 0.25) is 0 Å². The Morgan fingerprint density at radius 3 is 2.67 bits per heavy atom. The summed E-state index contributed by atoms with van der Waals surface area (Å²) in [6, 6.07) is 4.35. The third kappa shape index (κ3) is 2.09. The number of hydrogen-bond acceptors (Lipinski definition) is 3. The molecule has 0 spiro atoms. The quantitative estimate of drug-likeness (QED) is 0.904. The highest BCUT2D eigenvalue weighted by atomic mass is 19.1. The van der Waals surface area contributed by atoms with E-state index >= 15 is 0 Å². The van der Waals surface area contributed by atoms with Gasteiger partial charge in [-0.15, -0.1) is 0 Å². The van der Waals surface area contributed by atoms with E-state index in [9.17, 15) is 4.39 Å². The van der Waals surface area contributed by atoms with Crippen LogP contribution in [0.4, 0.5) is 4.39 Å². The van der Waals surface area contributed by atoms with E-state index < -0.39 is 5.82 Å². The molecular weight excluding hydrogens is 233 g/mol. The molecule has 0 aliphatic heterocycles. The Labute approximate surface area is 105 Å². The number of benzene rings is 1. The summed E-state index contributed by atoms with van der Waals surface area (Å²) in [4.78, 5) is 0. The number of nitrogens with zero attached hydrogens (tertiary/aromatic N) is 2. The van der Waals surface area contributed by atoms with Crippen LogP contribution in [0.3, 0.4) is 0 Å². The van der Waals surface area contributed by atoms with Crippen molar-refractivity contribution in [2.45, 2.75) is 13.0 Å². The first-order valence-corrected chi connectivity index (χ1v) is 5.62. The minimum Gasteiger partial charge on any atom is -0.494 e. The molecule has 1 aromatic carbocycles. The molecule has 18 heavy (non-hydrogen) atoms. The van der Waals surface area contributed by atoms with Crippen LogP contribution in [-0.4, -0.2) is 16.9 Å². The molecule has 96 valence electrons. The number of aromatic nitrogens is 2. The Hall–Kier alpha value is -1.88. The Morgan fingerprint density at radius 1 is 1.44 bits per heavy atom. The maximum atomic E-state index is 13.6. The lowest BCUT2D eigenvalue weighted by Gasteiger charge is -2.13. The van der Waals surface area contributed by atoms with Crippen LogP contribution in [0.2, 0.25) is 0 Å². The van der Waals surface area contributed by atoms with Crippen LogP contribution in [-0.2, 0) is 7.05 Å². The number of ether oxygens (including phenoxy) is 1. The van der Waals surface area contributed by atoms with Crippen molar-refractivity contribution in [3.63, 3.8) is 0 Å². The lowest BCUT2D eigenvalue weighted by atomic mass is 10.00. The highest BCUT2D eigenvalue weighted by Gasteiger charge is 2.16. The van der Waals surface area contributed by atoms with Gasteiger partial charge in [-0.25, -0.2) is 4.39 Å². The molecule has 0 saturated heterocycles. The Bertz CT molecular complexity index is 565. The van der Waals surface area contributed by atoms with Gasteiger partial charge in [-0.2, -0.15) is 5.10 Å². The summed E-state index contributed by atoms with van der Waals surface area (Å²) >= 11 is 0. The number of hydrogen-bond donors (Lipinski definition) is 1. The molecule has 1 unspecified atom stereocenters. The van der Waals surface area contributed by atoms with Gasteiger partial charge in [0.1, 0.15) is 0 Å². The van der Waals surface area contributed by atoms with Crippen molar-refractivity contribution < 1.29 is 9.13 Å². The van der Waals surface area contributed by atoms with E-state index in [4.69, 9.17) is 10.5 Å². The maximum Gasteiger partial charge on any atom is 0.165 e. The van der Waals surface area contributed by atoms with Crippen LogP contribution in [0.1, 0.15) is 22.9 Å². The zero-order valence-corrected chi connectivity index (χ0v) is 10.6. The van der Waals surface area contributed by atoms with Crippen LogP contribution in [0.15, 0.2) is 24.4 Å². The van der Waals surface area contributed by atoms with Crippen LogP contribution < -0.4 is 10.5 Å². The predicted molar refractivity (Wildman–Crippen MR) is 66.9 cm³/mol. The molecule has 4 nitrogen and oxygen atoms in total. The topological polar surface area (TPSA) is 53.1 Å². The minimum absolute atomic E-state index is 0.217. The van der Waals surface area contributed by atoms with Crippen LogP contribution in [0, 0.1) is 12.7 Å². The Kier molecular flexibility index (Phi) is 3.34. The molecule has 2 N–H and O–H groups in total. The molecule has 0 radical (unpaired) electrons. The lowest BCUT2D eigenvalue weighted by molar-refractivity contribution is 0.386. The maximum absolute atomic E-state index is 13.6. The lowest BCUT2D eigenvalue weighted by Crippen LogP contribution is -2.13. The van der Waals surface area contributed by atoms with Gasteiger partial charge in [0.25, 0.3) is 0 Å². The molecule has 0 fully saturated rings. The molecule has 2 rings (SSSR count). The van der Waals surface area contributed by atoms with Gasteiger partial charge in [0.15, 0.2) is 11.6 Å². The molecule has 1 atom stereocenters. The molecule has 1 heterocycles. The van der Waals surface area contributed by atoms with Crippen molar-refractivity contribution in [3.05, 3.63) is 47.0 Å². The third-order valence-electron chi connectivity index (χ3n) is 3.14. The summed E-state index contributed by atoms with van der Waals surface area (Å²) < 4.78 is 20.3. The van der Waals surface area contributed by atoms with Crippen molar-refractivity contribution in [3.8, 4) is 5.75 Å². The molecule has 2 aromatic rings. The molecule has 0 amide bonds. The average molecular weight is 249 g/mol. The predicted octanol–water partition coefficient (Wildman–Crippen LogP) is 1.92. The van der Waals surface area contributed by atoms with Gasteiger partial charge in [0, 0.05) is 18.3 Å². The zero-order valence-electron chi connectivity index (χ0n) is 10.6. The highest BCUT2D eigenvalue weighted by Crippen LogP contribution is 2.26. The molecule has 0 bridgehead atoms.